The van der Waals surface area contributed by atoms with E-state index < -0.39 is 0 Å². The molecular weight excluding hydrogens is 256 g/mol. The van der Waals surface area contributed by atoms with Crippen molar-refractivity contribution >= 4 is 11.3 Å². The Kier molecular flexibility index (Phi) is 5.36. The minimum Gasteiger partial charge on any atom is -0.494 e. The first-order valence-corrected chi connectivity index (χ1v) is 7.59. The highest BCUT2D eigenvalue weighted by Crippen LogP contribution is 2.26. The van der Waals surface area contributed by atoms with Crippen LogP contribution in [0, 0.1) is 0 Å². The first kappa shape index (κ1) is 14.0. The molecule has 1 aromatic carbocycles. The second kappa shape index (κ2) is 7.26. The van der Waals surface area contributed by atoms with Crippen molar-refractivity contribution in [2.75, 3.05) is 13.2 Å². The van der Waals surface area contributed by atoms with Gasteiger partial charge in [-0.1, -0.05) is 19.1 Å². The quantitative estimate of drug-likeness (QED) is 0.783. The fourth-order valence-electron chi connectivity index (χ4n) is 1.80. The molecule has 2 rings (SSSR count). The fraction of sp³-hybridized carbons (Fsp3) is 0.400. The van der Waals surface area contributed by atoms with Gasteiger partial charge in [-0.25, -0.2) is 4.98 Å². The van der Waals surface area contributed by atoms with Crippen LogP contribution in [-0.4, -0.2) is 18.1 Å². The maximum atomic E-state index is 5.52. The number of benzene rings is 1. The summed E-state index contributed by atoms with van der Waals surface area (Å²) in [6, 6.07) is 8.11. The van der Waals surface area contributed by atoms with E-state index in [2.05, 4.69) is 28.7 Å². The number of nitrogens with zero attached hydrogens (tertiary/aromatic N) is 1. The molecule has 1 N–H and O–H groups in total. The van der Waals surface area contributed by atoms with Crippen molar-refractivity contribution in [2.24, 2.45) is 0 Å². The molecule has 0 spiro atoms. The molecular formula is C15H20N2OS. The second-order valence-electron chi connectivity index (χ2n) is 4.28. The summed E-state index contributed by atoms with van der Waals surface area (Å²) >= 11 is 1.68. The topological polar surface area (TPSA) is 34.1 Å². The minimum absolute atomic E-state index is 0.688. The zero-order valence-electron chi connectivity index (χ0n) is 11.5. The lowest BCUT2D eigenvalue weighted by atomic mass is 10.2. The largest absolute Gasteiger partial charge is 0.494 e. The summed E-state index contributed by atoms with van der Waals surface area (Å²) < 4.78 is 5.52. The van der Waals surface area contributed by atoms with Gasteiger partial charge >= 0.3 is 0 Å². The Morgan fingerprint density at radius 2 is 2.21 bits per heavy atom. The van der Waals surface area contributed by atoms with E-state index in [0.29, 0.717) is 6.61 Å². The van der Waals surface area contributed by atoms with Crippen LogP contribution in [0.1, 0.15) is 26.0 Å². The zero-order chi connectivity index (χ0) is 13.5. The van der Waals surface area contributed by atoms with Crippen molar-refractivity contribution < 1.29 is 4.74 Å². The van der Waals surface area contributed by atoms with Gasteiger partial charge in [0.25, 0.3) is 0 Å². The van der Waals surface area contributed by atoms with Crippen LogP contribution >= 0.6 is 11.3 Å². The highest BCUT2D eigenvalue weighted by Gasteiger charge is 2.05. The van der Waals surface area contributed by atoms with Crippen molar-refractivity contribution in [3.8, 4) is 16.3 Å². The smallest absolute Gasteiger partial charge is 0.123 e. The lowest BCUT2D eigenvalue weighted by molar-refractivity contribution is 0.340. The molecule has 2 aromatic rings. The Hall–Kier alpha value is -1.39. The molecule has 1 aromatic heterocycles. The summed E-state index contributed by atoms with van der Waals surface area (Å²) in [7, 11) is 0. The van der Waals surface area contributed by atoms with Crippen LogP contribution in [0.3, 0.4) is 0 Å². The third-order valence-corrected chi connectivity index (χ3v) is 3.62. The lowest BCUT2D eigenvalue weighted by Crippen LogP contribution is -2.13. The summed E-state index contributed by atoms with van der Waals surface area (Å²) in [6.45, 7) is 6.72. The first-order valence-electron chi connectivity index (χ1n) is 6.71. The fourth-order valence-corrected chi connectivity index (χ4v) is 2.62. The Morgan fingerprint density at radius 1 is 1.32 bits per heavy atom. The van der Waals surface area contributed by atoms with Gasteiger partial charge in [-0.15, -0.1) is 11.3 Å². The molecule has 3 nitrogen and oxygen atoms in total. The van der Waals surface area contributed by atoms with E-state index in [4.69, 9.17) is 4.74 Å². The predicted octanol–water partition coefficient (Wildman–Crippen LogP) is 3.71. The summed E-state index contributed by atoms with van der Waals surface area (Å²) in [5.74, 6) is 0.904. The van der Waals surface area contributed by atoms with Crippen molar-refractivity contribution in [3.05, 3.63) is 35.3 Å². The molecule has 1 heterocycles. The molecule has 19 heavy (non-hydrogen) atoms. The van der Waals surface area contributed by atoms with Crippen LogP contribution in [0.15, 0.2) is 29.6 Å². The van der Waals surface area contributed by atoms with E-state index >= 15 is 0 Å². The predicted molar refractivity (Wildman–Crippen MR) is 80.7 cm³/mol. The molecule has 0 unspecified atom stereocenters. The monoisotopic (exact) mass is 276 g/mol. The van der Waals surface area contributed by atoms with Crippen molar-refractivity contribution in [3.63, 3.8) is 0 Å². The average molecular weight is 276 g/mol. The molecule has 0 fully saturated rings. The number of thiazole rings is 1. The maximum absolute atomic E-state index is 5.52. The highest BCUT2D eigenvalue weighted by molar-refractivity contribution is 7.13. The number of aromatic nitrogens is 1. The Balaban J connectivity index is 2.07. The van der Waals surface area contributed by atoms with Gasteiger partial charge in [0.15, 0.2) is 0 Å². The minimum atomic E-state index is 0.688. The summed E-state index contributed by atoms with van der Waals surface area (Å²) in [5.41, 5.74) is 2.23. The van der Waals surface area contributed by atoms with Gasteiger partial charge in [-0.05, 0) is 32.0 Å². The lowest BCUT2D eigenvalue weighted by Gasteiger charge is -2.04. The molecule has 4 heteroatoms. The molecule has 0 aliphatic heterocycles. The van der Waals surface area contributed by atoms with Gasteiger partial charge in [0.05, 0.1) is 12.3 Å². The van der Waals surface area contributed by atoms with Crippen molar-refractivity contribution in [1.82, 2.24) is 10.3 Å². The van der Waals surface area contributed by atoms with E-state index in [1.165, 1.54) is 0 Å². The number of hydrogen-bond acceptors (Lipinski definition) is 4. The number of nitrogens with one attached hydrogen (secondary N) is 1. The number of ether oxygens (including phenoxy) is 1. The third kappa shape index (κ3) is 4.04. The Labute approximate surface area is 118 Å². The summed E-state index contributed by atoms with van der Waals surface area (Å²) in [5, 5.41) is 6.53. The van der Waals surface area contributed by atoms with E-state index in [-0.39, 0.29) is 0 Å². The molecule has 0 radical (unpaired) electrons. The Morgan fingerprint density at radius 3 is 3.00 bits per heavy atom. The molecule has 0 saturated carbocycles. The summed E-state index contributed by atoms with van der Waals surface area (Å²) in [4.78, 5) is 4.65. The van der Waals surface area contributed by atoms with Gasteiger partial charge in [-0.2, -0.15) is 0 Å². The standard InChI is InChI=1S/C15H20N2OS/c1-3-8-16-10-13-11-19-15(17-13)12-6-5-7-14(9-12)18-4-2/h5-7,9,11,16H,3-4,8,10H2,1-2H3. The van der Waals surface area contributed by atoms with E-state index in [0.717, 1.165) is 41.5 Å². The second-order valence-corrected chi connectivity index (χ2v) is 5.14. The maximum Gasteiger partial charge on any atom is 0.123 e. The van der Waals surface area contributed by atoms with E-state index in [1.807, 2.05) is 25.1 Å². The average Bonchev–Trinajstić information content (AvgIpc) is 2.89. The van der Waals surface area contributed by atoms with Crippen LogP contribution in [0.4, 0.5) is 0 Å². The van der Waals surface area contributed by atoms with Crippen LogP contribution in [-0.2, 0) is 6.54 Å². The molecule has 0 aliphatic rings. The zero-order valence-corrected chi connectivity index (χ0v) is 12.3. The van der Waals surface area contributed by atoms with Crippen molar-refractivity contribution in [2.45, 2.75) is 26.8 Å². The number of hydrogen-bond donors (Lipinski definition) is 1. The van der Waals surface area contributed by atoms with Gasteiger partial charge in [0.1, 0.15) is 10.8 Å². The highest BCUT2D eigenvalue weighted by atomic mass is 32.1. The Bertz CT molecular complexity index is 510. The van der Waals surface area contributed by atoms with Crippen LogP contribution < -0.4 is 10.1 Å². The first-order chi connectivity index (χ1) is 9.33. The number of rotatable bonds is 7. The molecule has 0 saturated heterocycles. The van der Waals surface area contributed by atoms with Gasteiger partial charge in [0.2, 0.25) is 0 Å². The van der Waals surface area contributed by atoms with Gasteiger partial charge in [0, 0.05) is 17.5 Å². The molecule has 0 amide bonds. The van der Waals surface area contributed by atoms with Crippen LogP contribution in [0.5, 0.6) is 5.75 Å². The third-order valence-electron chi connectivity index (χ3n) is 2.68. The molecule has 0 aliphatic carbocycles. The molecule has 0 bridgehead atoms. The van der Waals surface area contributed by atoms with E-state index in [1.54, 1.807) is 11.3 Å². The van der Waals surface area contributed by atoms with E-state index in [9.17, 15) is 0 Å². The van der Waals surface area contributed by atoms with Crippen LogP contribution in [0.25, 0.3) is 10.6 Å². The normalized spacial score (nSPS) is 10.6. The van der Waals surface area contributed by atoms with Crippen LogP contribution in [0.2, 0.25) is 0 Å². The molecule has 102 valence electrons. The van der Waals surface area contributed by atoms with Crippen molar-refractivity contribution in [1.29, 1.82) is 0 Å². The SMILES string of the molecule is CCCNCc1csc(-c2cccc(OCC)c2)n1. The van der Waals surface area contributed by atoms with Gasteiger partial charge < -0.3 is 10.1 Å². The summed E-state index contributed by atoms with van der Waals surface area (Å²) in [6.07, 6.45) is 1.15. The molecule has 0 atom stereocenters. The van der Waals surface area contributed by atoms with Gasteiger partial charge in [-0.3, -0.25) is 0 Å².